The number of hydrogen-bond acceptors (Lipinski definition) is 8. The van der Waals surface area contributed by atoms with E-state index >= 15 is 0 Å². The van der Waals surface area contributed by atoms with Crippen LogP contribution in [0.3, 0.4) is 0 Å². The van der Waals surface area contributed by atoms with E-state index in [0.29, 0.717) is 63.1 Å². The number of ether oxygens (including phenoxy) is 3. The van der Waals surface area contributed by atoms with Crippen LogP contribution in [0.5, 0.6) is 11.5 Å². The van der Waals surface area contributed by atoms with Gasteiger partial charge >= 0.3 is 0 Å². The Hall–Kier alpha value is -3.05. The van der Waals surface area contributed by atoms with Gasteiger partial charge < -0.3 is 24.0 Å². The molecule has 3 aliphatic rings. The summed E-state index contributed by atoms with van der Waals surface area (Å²) in [5.41, 5.74) is 0.636. The van der Waals surface area contributed by atoms with Crippen molar-refractivity contribution in [2.75, 3.05) is 59.2 Å². The fraction of sp³-hybridized carbons (Fsp3) is 0.500. The zero-order valence-electron chi connectivity index (χ0n) is 19.7. The summed E-state index contributed by atoms with van der Waals surface area (Å²) in [4.78, 5) is 54.6. The van der Waals surface area contributed by atoms with Crippen molar-refractivity contribution in [2.45, 2.75) is 19.8 Å². The molecule has 1 aromatic carbocycles. The Morgan fingerprint density at radius 2 is 1.71 bits per heavy atom. The summed E-state index contributed by atoms with van der Waals surface area (Å²) in [6.45, 7) is 5.29. The molecule has 0 saturated carbocycles. The van der Waals surface area contributed by atoms with E-state index in [1.807, 2.05) is 6.92 Å². The van der Waals surface area contributed by atoms with Crippen LogP contribution in [0.25, 0.3) is 6.08 Å². The summed E-state index contributed by atoms with van der Waals surface area (Å²) >= 11 is 0.810. The van der Waals surface area contributed by atoms with Gasteiger partial charge in [-0.15, -0.1) is 0 Å². The Morgan fingerprint density at radius 1 is 1.00 bits per heavy atom. The van der Waals surface area contributed by atoms with E-state index in [1.54, 1.807) is 34.1 Å². The van der Waals surface area contributed by atoms with Crippen LogP contribution in [0.1, 0.15) is 25.3 Å². The smallest absolute Gasteiger partial charge is 0.294 e. The Bertz CT molecular complexity index is 1020. The molecule has 11 heteroatoms. The van der Waals surface area contributed by atoms with E-state index in [2.05, 4.69) is 0 Å². The highest BCUT2D eigenvalue weighted by molar-refractivity contribution is 8.18. The molecule has 0 bridgehead atoms. The quantitative estimate of drug-likeness (QED) is 0.496. The van der Waals surface area contributed by atoms with Gasteiger partial charge in [-0.25, -0.2) is 0 Å². The van der Waals surface area contributed by atoms with E-state index in [1.165, 1.54) is 0 Å². The standard InChI is InChI=1S/C24H29N3O7S/c1-2-33-19-13-17(5-6-18(19)34-16-22(29)26-9-11-32-12-10-26)14-20-23(30)27(24(31)35-20)15-21(28)25-7-3-4-8-25/h5-6,13-14H,2-4,7-12,15-16H2,1H3/b20-14-. The number of benzene rings is 1. The SMILES string of the molecule is CCOc1cc(/C=C2\SC(=O)N(CC(=O)N3CCCC3)C2=O)ccc1OCC(=O)N1CCOCC1. The average Bonchev–Trinajstić information content (AvgIpc) is 3.49. The summed E-state index contributed by atoms with van der Waals surface area (Å²) in [5.74, 6) is 0.0196. The van der Waals surface area contributed by atoms with Gasteiger partial charge in [0, 0.05) is 26.2 Å². The molecular formula is C24H29N3O7S. The number of rotatable bonds is 8. The lowest BCUT2D eigenvalue weighted by Gasteiger charge is -2.26. The zero-order chi connectivity index (χ0) is 24.8. The number of morpholine rings is 1. The second kappa shape index (κ2) is 11.6. The minimum absolute atomic E-state index is 0.122. The zero-order valence-corrected chi connectivity index (χ0v) is 20.5. The van der Waals surface area contributed by atoms with Gasteiger partial charge in [0.1, 0.15) is 6.54 Å². The monoisotopic (exact) mass is 503 g/mol. The van der Waals surface area contributed by atoms with Crippen LogP contribution in [0.4, 0.5) is 4.79 Å². The molecule has 3 heterocycles. The van der Waals surface area contributed by atoms with E-state index in [0.717, 1.165) is 29.5 Å². The number of likely N-dealkylation sites (tertiary alicyclic amines) is 1. The van der Waals surface area contributed by atoms with Gasteiger partial charge in [-0.1, -0.05) is 6.07 Å². The number of amides is 4. The molecule has 0 radical (unpaired) electrons. The molecule has 4 rings (SSSR count). The van der Waals surface area contributed by atoms with Crippen LogP contribution >= 0.6 is 11.8 Å². The van der Waals surface area contributed by atoms with E-state index in [-0.39, 0.29) is 29.9 Å². The van der Waals surface area contributed by atoms with E-state index in [9.17, 15) is 19.2 Å². The van der Waals surface area contributed by atoms with Crippen LogP contribution < -0.4 is 9.47 Å². The molecule has 0 aromatic heterocycles. The van der Waals surface area contributed by atoms with Crippen molar-refractivity contribution < 1.29 is 33.4 Å². The molecule has 1 aromatic rings. The minimum atomic E-state index is -0.484. The number of thioether (sulfide) groups is 1. The second-order valence-electron chi connectivity index (χ2n) is 8.28. The fourth-order valence-electron chi connectivity index (χ4n) is 4.03. The van der Waals surface area contributed by atoms with E-state index < -0.39 is 11.1 Å². The van der Waals surface area contributed by atoms with Crippen molar-refractivity contribution >= 4 is 40.8 Å². The molecule has 0 N–H and O–H groups in total. The largest absolute Gasteiger partial charge is 0.490 e. The lowest BCUT2D eigenvalue weighted by Crippen LogP contribution is -2.43. The summed E-state index contributed by atoms with van der Waals surface area (Å²) in [6.07, 6.45) is 3.48. The number of carbonyl (C=O) groups is 4. The van der Waals surface area contributed by atoms with Gasteiger partial charge in [0.2, 0.25) is 5.91 Å². The maximum absolute atomic E-state index is 12.8. The third-order valence-corrected chi connectivity index (χ3v) is 6.81. The van der Waals surface area contributed by atoms with Crippen molar-refractivity contribution in [1.29, 1.82) is 0 Å². The lowest BCUT2D eigenvalue weighted by atomic mass is 10.2. The Kier molecular flexibility index (Phi) is 8.29. The molecule has 0 atom stereocenters. The van der Waals surface area contributed by atoms with Crippen LogP contribution in [-0.2, 0) is 19.1 Å². The molecular weight excluding hydrogens is 474 g/mol. The van der Waals surface area contributed by atoms with Crippen molar-refractivity contribution in [3.8, 4) is 11.5 Å². The van der Waals surface area contributed by atoms with Gasteiger partial charge in [0.15, 0.2) is 18.1 Å². The first kappa shape index (κ1) is 25.1. The van der Waals surface area contributed by atoms with Crippen LogP contribution in [-0.4, -0.2) is 96.8 Å². The van der Waals surface area contributed by atoms with Crippen LogP contribution in [0.15, 0.2) is 23.1 Å². The number of carbonyl (C=O) groups excluding carboxylic acids is 4. The Labute approximate surface area is 208 Å². The predicted molar refractivity (Wildman–Crippen MR) is 129 cm³/mol. The first-order valence-corrected chi connectivity index (χ1v) is 12.6. The first-order chi connectivity index (χ1) is 17.0. The summed E-state index contributed by atoms with van der Waals surface area (Å²) in [6, 6.07) is 5.09. The Morgan fingerprint density at radius 3 is 2.43 bits per heavy atom. The molecule has 4 amide bonds. The molecule has 35 heavy (non-hydrogen) atoms. The first-order valence-electron chi connectivity index (χ1n) is 11.7. The molecule has 3 fully saturated rings. The molecule has 0 unspecified atom stereocenters. The molecule has 188 valence electrons. The van der Waals surface area contributed by atoms with Gasteiger partial charge in [0.25, 0.3) is 17.1 Å². The second-order valence-corrected chi connectivity index (χ2v) is 9.27. The molecule has 0 aliphatic carbocycles. The maximum atomic E-state index is 12.8. The normalized spacial score (nSPS) is 19.6. The van der Waals surface area contributed by atoms with Crippen molar-refractivity contribution in [2.24, 2.45) is 0 Å². The summed E-state index contributed by atoms with van der Waals surface area (Å²) in [7, 11) is 0. The van der Waals surface area contributed by atoms with Gasteiger partial charge in [-0.2, -0.15) is 0 Å². The minimum Gasteiger partial charge on any atom is -0.490 e. The highest BCUT2D eigenvalue weighted by Crippen LogP contribution is 2.35. The van der Waals surface area contributed by atoms with E-state index in [4.69, 9.17) is 14.2 Å². The highest BCUT2D eigenvalue weighted by Gasteiger charge is 2.37. The number of imide groups is 1. The van der Waals surface area contributed by atoms with Gasteiger partial charge in [-0.05, 0) is 55.3 Å². The highest BCUT2D eigenvalue weighted by atomic mass is 32.2. The summed E-state index contributed by atoms with van der Waals surface area (Å²) < 4.78 is 16.7. The number of hydrogen-bond donors (Lipinski definition) is 0. The van der Waals surface area contributed by atoms with Crippen molar-refractivity contribution in [1.82, 2.24) is 14.7 Å². The molecule has 0 spiro atoms. The van der Waals surface area contributed by atoms with Crippen LogP contribution in [0.2, 0.25) is 0 Å². The molecule has 3 aliphatic heterocycles. The average molecular weight is 504 g/mol. The fourth-order valence-corrected chi connectivity index (χ4v) is 4.87. The third-order valence-electron chi connectivity index (χ3n) is 5.91. The third kappa shape index (κ3) is 6.15. The van der Waals surface area contributed by atoms with Crippen LogP contribution in [0, 0.1) is 0 Å². The molecule has 3 saturated heterocycles. The maximum Gasteiger partial charge on any atom is 0.294 e. The van der Waals surface area contributed by atoms with Gasteiger partial charge in [-0.3, -0.25) is 24.1 Å². The topological polar surface area (TPSA) is 106 Å². The van der Waals surface area contributed by atoms with Crippen molar-refractivity contribution in [3.63, 3.8) is 0 Å². The Balaban J connectivity index is 1.42. The van der Waals surface area contributed by atoms with Crippen molar-refractivity contribution in [3.05, 3.63) is 28.7 Å². The summed E-state index contributed by atoms with van der Waals surface area (Å²) in [5, 5.41) is -0.458. The predicted octanol–water partition coefficient (Wildman–Crippen LogP) is 1.98. The molecule has 10 nitrogen and oxygen atoms in total. The number of nitrogens with zero attached hydrogens (tertiary/aromatic N) is 3. The lowest BCUT2D eigenvalue weighted by molar-refractivity contribution is -0.137. The van der Waals surface area contributed by atoms with Gasteiger partial charge in [0.05, 0.1) is 24.7 Å².